The van der Waals surface area contributed by atoms with Crippen molar-refractivity contribution in [1.29, 1.82) is 0 Å². The van der Waals surface area contributed by atoms with Gasteiger partial charge in [-0.15, -0.1) is 0 Å². The molecule has 1 fully saturated rings. The molecule has 0 heterocycles. The summed E-state index contributed by atoms with van der Waals surface area (Å²) in [5.74, 6) is -0.416. The highest BCUT2D eigenvalue weighted by Gasteiger charge is 2.63. The molecule has 0 aromatic heterocycles. The molecule has 1 aliphatic carbocycles. The molecule has 1 saturated carbocycles. The molecule has 0 amide bonds. The minimum absolute atomic E-state index is 0.138. The molecule has 1 aliphatic rings. The van der Waals surface area contributed by atoms with E-state index in [2.05, 4.69) is 33.0 Å². The van der Waals surface area contributed by atoms with Crippen molar-refractivity contribution in [3.63, 3.8) is 0 Å². The summed E-state index contributed by atoms with van der Waals surface area (Å²) in [6, 6.07) is 3.70. The van der Waals surface area contributed by atoms with Crippen molar-refractivity contribution in [3.8, 4) is 0 Å². The van der Waals surface area contributed by atoms with Crippen LogP contribution < -0.4 is 5.32 Å². The lowest BCUT2D eigenvalue weighted by atomic mass is 10.0. The second-order valence-corrected chi connectivity index (χ2v) is 6.76. The van der Waals surface area contributed by atoms with Crippen molar-refractivity contribution in [2.24, 2.45) is 16.7 Å². The van der Waals surface area contributed by atoms with Crippen molar-refractivity contribution < 1.29 is 8.78 Å². The number of halogens is 2. The fraction of sp³-hybridized carbons (Fsp3) is 0.625. The summed E-state index contributed by atoms with van der Waals surface area (Å²) in [5, 5.41) is 3.27. The van der Waals surface area contributed by atoms with Crippen LogP contribution >= 0.6 is 0 Å². The van der Waals surface area contributed by atoms with Gasteiger partial charge in [0.25, 0.3) is 0 Å². The zero-order valence-electron chi connectivity index (χ0n) is 12.3. The van der Waals surface area contributed by atoms with E-state index in [0.29, 0.717) is 5.92 Å². The van der Waals surface area contributed by atoms with E-state index in [9.17, 15) is 8.78 Å². The van der Waals surface area contributed by atoms with Crippen LogP contribution in [0.15, 0.2) is 18.2 Å². The SMILES string of the molecule is CC(NCC1C(C)(C)C1(C)C)c1c(F)cccc1F. The molecular weight excluding hydrogens is 244 g/mol. The monoisotopic (exact) mass is 267 g/mol. The molecule has 1 unspecified atom stereocenters. The molecule has 1 atom stereocenters. The van der Waals surface area contributed by atoms with Gasteiger partial charge in [0.15, 0.2) is 0 Å². The van der Waals surface area contributed by atoms with E-state index in [1.165, 1.54) is 18.2 Å². The molecule has 0 spiro atoms. The van der Waals surface area contributed by atoms with Gasteiger partial charge in [-0.3, -0.25) is 0 Å². The van der Waals surface area contributed by atoms with Crippen LogP contribution in [0.3, 0.4) is 0 Å². The van der Waals surface area contributed by atoms with Gasteiger partial charge in [-0.2, -0.15) is 0 Å². The van der Waals surface area contributed by atoms with Crippen LogP contribution in [0.25, 0.3) is 0 Å². The maximum Gasteiger partial charge on any atom is 0.130 e. The number of rotatable bonds is 4. The Hall–Kier alpha value is -0.960. The lowest BCUT2D eigenvalue weighted by molar-refractivity contribution is 0.454. The molecule has 19 heavy (non-hydrogen) atoms. The summed E-state index contributed by atoms with van der Waals surface area (Å²) in [6.45, 7) is 11.6. The summed E-state index contributed by atoms with van der Waals surface area (Å²) < 4.78 is 27.3. The first-order valence-corrected chi connectivity index (χ1v) is 6.87. The minimum atomic E-state index is -0.477. The third-order valence-corrected chi connectivity index (χ3v) is 5.38. The Labute approximate surface area is 114 Å². The van der Waals surface area contributed by atoms with E-state index in [1.54, 1.807) is 0 Å². The molecule has 3 heteroatoms. The zero-order chi connectivity index (χ0) is 14.4. The van der Waals surface area contributed by atoms with Crippen LogP contribution in [-0.4, -0.2) is 6.54 Å². The molecule has 1 aromatic carbocycles. The molecule has 0 radical (unpaired) electrons. The van der Waals surface area contributed by atoms with Gasteiger partial charge in [-0.25, -0.2) is 8.78 Å². The van der Waals surface area contributed by atoms with E-state index < -0.39 is 11.6 Å². The van der Waals surface area contributed by atoms with Crippen molar-refractivity contribution in [2.45, 2.75) is 40.7 Å². The quantitative estimate of drug-likeness (QED) is 0.857. The minimum Gasteiger partial charge on any atom is -0.310 e. The number of nitrogens with one attached hydrogen (secondary N) is 1. The van der Waals surface area contributed by atoms with Crippen LogP contribution in [0.1, 0.15) is 46.2 Å². The fourth-order valence-corrected chi connectivity index (χ4v) is 3.16. The van der Waals surface area contributed by atoms with Gasteiger partial charge in [0.2, 0.25) is 0 Å². The maximum atomic E-state index is 13.7. The smallest absolute Gasteiger partial charge is 0.130 e. The van der Waals surface area contributed by atoms with Crippen molar-refractivity contribution in [1.82, 2.24) is 5.32 Å². The molecule has 0 saturated heterocycles. The first-order valence-electron chi connectivity index (χ1n) is 6.87. The summed E-state index contributed by atoms with van der Waals surface area (Å²) >= 11 is 0. The number of hydrogen-bond donors (Lipinski definition) is 1. The van der Waals surface area contributed by atoms with E-state index in [0.717, 1.165) is 6.54 Å². The van der Waals surface area contributed by atoms with Crippen molar-refractivity contribution in [2.75, 3.05) is 6.54 Å². The van der Waals surface area contributed by atoms with E-state index in [-0.39, 0.29) is 22.4 Å². The highest BCUT2D eigenvalue weighted by atomic mass is 19.1. The predicted molar refractivity (Wildman–Crippen MR) is 73.8 cm³/mol. The van der Waals surface area contributed by atoms with Crippen molar-refractivity contribution >= 4 is 0 Å². The third kappa shape index (κ3) is 2.29. The Morgan fingerprint density at radius 2 is 1.58 bits per heavy atom. The molecule has 1 N–H and O–H groups in total. The number of benzene rings is 1. The Kier molecular flexibility index (Phi) is 3.46. The molecule has 1 aromatic rings. The maximum absolute atomic E-state index is 13.7. The van der Waals surface area contributed by atoms with Crippen LogP contribution in [0.4, 0.5) is 8.78 Å². The van der Waals surface area contributed by atoms with E-state index in [1.807, 2.05) is 6.92 Å². The molecule has 2 rings (SSSR count). The van der Waals surface area contributed by atoms with Crippen molar-refractivity contribution in [3.05, 3.63) is 35.4 Å². The van der Waals surface area contributed by atoms with Gasteiger partial charge in [-0.05, 0) is 42.3 Å². The van der Waals surface area contributed by atoms with Gasteiger partial charge < -0.3 is 5.32 Å². The van der Waals surface area contributed by atoms with Gasteiger partial charge in [0, 0.05) is 11.6 Å². The average molecular weight is 267 g/mol. The van der Waals surface area contributed by atoms with Gasteiger partial charge >= 0.3 is 0 Å². The van der Waals surface area contributed by atoms with Crippen LogP contribution in [0, 0.1) is 28.4 Å². The second-order valence-electron chi connectivity index (χ2n) is 6.76. The Bertz CT molecular complexity index is 445. The summed E-state index contributed by atoms with van der Waals surface area (Å²) in [5.41, 5.74) is 0.708. The molecule has 1 nitrogen and oxygen atoms in total. The first-order chi connectivity index (χ1) is 8.69. The summed E-state index contributed by atoms with van der Waals surface area (Å²) in [6.07, 6.45) is 0. The van der Waals surface area contributed by atoms with E-state index in [4.69, 9.17) is 0 Å². The zero-order valence-corrected chi connectivity index (χ0v) is 12.3. The number of hydrogen-bond acceptors (Lipinski definition) is 1. The average Bonchev–Trinajstić information content (AvgIpc) is 2.66. The lowest BCUT2D eigenvalue weighted by Gasteiger charge is -2.16. The molecule has 0 bridgehead atoms. The Morgan fingerprint density at radius 1 is 1.11 bits per heavy atom. The topological polar surface area (TPSA) is 12.0 Å². The largest absolute Gasteiger partial charge is 0.310 e. The highest BCUT2D eigenvalue weighted by molar-refractivity contribution is 5.23. The van der Waals surface area contributed by atoms with Gasteiger partial charge in [-0.1, -0.05) is 33.8 Å². The van der Waals surface area contributed by atoms with Gasteiger partial charge in [0.05, 0.1) is 0 Å². The van der Waals surface area contributed by atoms with Gasteiger partial charge in [0.1, 0.15) is 11.6 Å². The second kappa shape index (κ2) is 4.55. The van der Waals surface area contributed by atoms with Crippen LogP contribution in [0.2, 0.25) is 0 Å². The Morgan fingerprint density at radius 3 is 2.00 bits per heavy atom. The lowest BCUT2D eigenvalue weighted by Crippen LogP contribution is -2.24. The predicted octanol–water partition coefficient (Wildman–Crippen LogP) is 4.30. The molecule has 106 valence electrons. The highest BCUT2D eigenvalue weighted by Crippen LogP contribution is 2.68. The fourth-order valence-electron chi connectivity index (χ4n) is 3.16. The summed E-state index contributed by atoms with van der Waals surface area (Å²) in [4.78, 5) is 0. The molecular formula is C16H23F2N. The Balaban J connectivity index is 2.02. The normalized spacial score (nSPS) is 22.3. The third-order valence-electron chi connectivity index (χ3n) is 5.38. The standard InChI is InChI=1S/C16H23F2N/c1-10(14-11(17)7-6-8-12(14)18)19-9-13-15(2,3)16(13,4)5/h6-8,10,13,19H,9H2,1-5H3. The van der Waals surface area contributed by atoms with Crippen LogP contribution in [0.5, 0.6) is 0 Å². The van der Waals surface area contributed by atoms with E-state index >= 15 is 0 Å². The summed E-state index contributed by atoms with van der Waals surface area (Å²) in [7, 11) is 0. The van der Waals surface area contributed by atoms with Crippen LogP contribution in [-0.2, 0) is 0 Å². The first kappa shape index (κ1) is 14.4. The molecule has 0 aliphatic heterocycles.